The Labute approximate surface area is 131 Å². The van der Waals surface area contributed by atoms with Crippen molar-refractivity contribution in [2.75, 3.05) is 13.2 Å². The monoisotopic (exact) mass is 304 g/mol. The molecule has 1 aromatic rings. The van der Waals surface area contributed by atoms with Crippen LogP contribution in [0.2, 0.25) is 0 Å². The topological polar surface area (TPSA) is 58.6 Å². The van der Waals surface area contributed by atoms with Gasteiger partial charge in [-0.1, -0.05) is 30.3 Å². The molecule has 1 aromatic carbocycles. The molecule has 22 heavy (non-hydrogen) atoms. The first-order valence-electron chi connectivity index (χ1n) is 7.78. The maximum Gasteiger partial charge on any atom is 0.242 e. The van der Waals surface area contributed by atoms with Crippen LogP contribution in [-0.2, 0) is 20.9 Å². The second-order valence-corrected chi connectivity index (χ2v) is 5.69. The Morgan fingerprint density at radius 3 is 2.68 bits per heavy atom. The Kier molecular flexibility index (Phi) is 5.95. The average Bonchev–Trinajstić information content (AvgIpc) is 3.03. The van der Waals surface area contributed by atoms with Crippen LogP contribution >= 0.6 is 0 Å². The second-order valence-electron chi connectivity index (χ2n) is 5.69. The summed E-state index contributed by atoms with van der Waals surface area (Å²) in [6.07, 6.45) is 2.13. The summed E-state index contributed by atoms with van der Waals surface area (Å²) in [4.78, 5) is 25.7. The molecule has 1 aliphatic rings. The first kappa shape index (κ1) is 16.5. The van der Waals surface area contributed by atoms with E-state index in [1.54, 1.807) is 11.8 Å². The van der Waals surface area contributed by atoms with Crippen LogP contribution in [0.25, 0.3) is 0 Å². The summed E-state index contributed by atoms with van der Waals surface area (Å²) in [6.45, 7) is 4.97. The molecule has 1 fully saturated rings. The predicted molar refractivity (Wildman–Crippen MR) is 84.1 cm³/mol. The summed E-state index contributed by atoms with van der Waals surface area (Å²) in [5.41, 5.74) is 1.01. The average molecular weight is 304 g/mol. The fourth-order valence-electron chi connectivity index (χ4n) is 2.61. The van der Waals surface area contributed by atoms with Gasteiger partial charge < -0.3 is 15.0 Å². The number of amides is 2. The number of hydrogen-bond acceptors (Lipinski definition) is 3. The van der Waals surface area contributed by atoms with Gasteiger partial charge in [-0.3, -0.25) is 9.59 Å². The van der Waals surface area contributed by atoms with Crippen LogP contribution in [0.5, 0.6) is 0 Å². The van der Waals surface area contributed by atoms with Crippen molar-refractivity contribution in [3.05, 3.63) is 35.9 Å². The standard InChI is InChI=1S/C17H24N2O3/c1-13(17(21)18-11-16-9-6-10-22-16)19(14(2)20)12-15-7-4-3-5-8-15/h3-5,7-8,13,16H,6,9-12H2,1-2H3,(H,18,21)/t13-,16-/m1/s1. The van der Waals surface area contributed by atoms with Gasteiger partial charge in [-0.2, -0.15) is 0 Å². The SMILES string of the molecule is CC(=O)N(Cc1ccccc1)[C@H](C)C(=O)NC[C@H]1CCCO1. The number of hydrogen-bond donors (Lipinski definition) is 1. The molecule has 1 heterocycles. The van der Waals surface area contributed by atoms with E-state index < -0.39 is 6.04 Å². The molecule has 0 radical (unpaired) electrons. The molecular formula is C17H24N2O3. The molecule has 0 unspecified atom stereocenters. The second kappa shape index (κ2) is 7.94. The van der Waals surface area contributed by atoms with E-state index in [1.807, 2.05) is 30.3 Å². The molecule has 1 aliphatic heterocycles. The highest BCUT2D eigenvalue weighted by atomic mass is 16.5. The molecule has 0 bridgehead atoms. The summed E-state index contributed by atoms with van der Waals surface area (Å²) in [6, 6.07) is 9.18. The van der Waals surface area contributed by atoms with E-state index in [4.69, 9.17) is 4.74 Å². The van der Waals surface area contributed by atoms with Crippen molar-refractivity contribution in [3.8, 4) is 0 Å². The van der Waals surface area contributed by atoms with Gasteiger partial charge in [0.15, 0.2) is 0 Å². The van der Waals surface area contributed by atoms with Crippen LogP contribution in [0.3, 0.4) is 0 Å². The molecule has 0 spiro atoms. The lowest BCUT2D eigenvalue weighted by molar-refractivity contribution is -0.139. The molecule has 0 aromatic heterocycles. The van der Waals surface area contributed by atoms with Crippen molar-refractivity contribution in [2.24, 2.45) is 0 Å². The normalized spacial score (nSPS) is 18.7. The maximum atomic E-state index is 12.3. The van der Waals surface area contributed by atoms with Crippen molar-refractivity contribution in [2.45, 2.75) is 45.4 Å². The number of benzene rings is 1. The molecular weight excluding hydrogens is 280 g/mol. The van der Waals surface area contributed by atoms with Gasteiger partial charge in [-0.05, 0) is 25.3 Å². The van der Waals surface area contributed by atoms with Crippen molar-refractivity contribution in [1.82, 2.24) is 10.2 Å². The summed E-state index contributed by atoms with van der Waals surface area (Å²) < 4.78 is 5.49. The Balaban J connectivity index is 1.91. The molecule has 120 valence electrons. The maximum absolute atomic E-state index is 12.3. The number of nitrogens with one attached hydrogen (secondary N) is 1. The van der Waals surface area contributed by atoms with Gasteiger partial charge in [0.05, 0.1) is 6.10 Å². The third-order valence-corrected chi connectivity index (χ3v) is 3.98. The first-order chi connectivity index (χ1) is 10.6. The molecule has 2 amide bonds. The fourth-order valence-corrected chi connectivity index (χ4v) is 2.61. The van der Waals surface area contributed by atoms with E-state index in [0.29, 0.717) is 13.1 Å². The van der Waals surface area contributed by atoms with Crippen molar-refractivity contribution >= 4 is 11.8 Å². The van der Waals surface area contributed by atoms with E-state index in [0.717, 1.165) is 25.0 Å². The molecule has 1 saturated heterocycles. The quantitative estimate of drug-likeness (QED) is 0.870. The molecule has 2 rings (SSSR count). The molecule has 5 heteroatoms. The number of rotatable bonds is 6. The summed E-state index contributed by atoms with van der Waals surface area (Å²) in [7, 11) is 0. The van der Waals surface area contributed by atoms with Gasteiger partial charge in [0.2, 0.25) is 11.8 Å². The predicted octanol–water partition coefficient (Wildman–Crippen LogP) is 1.72. The Morgan fingerprint density at radius 1 is 1.36 bits per heavy atom. The highest BCUT2D eigenvalue weighted by Gasteiger charge is 2.25. The lowest BCUT2D eigenvalue weighted by Gasteiger charge is -2.27. The van der Waals surface area contributed by atoms with Gasteiger partial charge in [0, 0.05) is 26.6 Å². The minimum atomic E-state index is -0.501. The molecule has 5 nitrogen and oxygen atoms in total. The van der Waals surface area contributed by atoms with Crippen LogP contribution in [0, 0.1) is 0 Å². The van der Waals surface area contributed by atoms with E-state index in [1.165, 1.54) is 6.92 Å². The third-order valence-electron chi connectivity index (χ3n) is 3.98. The van der Waals surface area contributed by atoms with Gasteiger partial charge in [-0.25, -0.2) is 0 Å². The summed E-state index contributed by atoms with van der Waals surface area (Å²) in [5, 5.41) is 2.89. The van der Waals surface area contributed by atoms with Crippen molar-refractivity contribution in [1.29, 1.82) is 0 Å². The summed E-state index contributed by atoms with van der Waals surface area (Å²) in [5.74, 6) is -0.245. The molecule has 0 aliphatic carbocycles. The van der Waals surface area contributed by atoms with Crippen molar-refractivity contribution < 1.29 is 14.3 Å². The fraction of sp³-hybridized carbons (Fsp3) is 0.529. The Bertz CT molecular complexity index is 498. The van der Waals surface area contributed by atoms with Gasteiger partial charge in [0.1, 0.15) is 6.04 Å². The minimum Gasteiger partial charge on any atom is -0.376 e. The van der Waals surface area contributed by atoms with Crippen LogP contribution < -0.4 is 5.32 Å². The van der Waals surface area contributed by atoms with Crippen LogP contribution in [0.15, 0.2) is 30.3 Å². The number of carbonyl (C=O) groups excluding carboxylic acids is 2. The van der Waals surface area contributed by atoms with E-state index in [2.05, 4.69) is 5.32 Å². The zero-order chi connectivity index (χ0) is 15.9. The van der Waals surface area contributed by atoms with E-state index in [9.17, 15) is 9.59 Å². The van der Waals surface area contributed by atoms with Crippen molar-refractivity contribution in [3.63, 3.8) is 0 Å². The lowest BCUT2D eigenvalue weighted by atomic mass is 10.1. The van der Waals surface area contributed by atoms with Gasteiger partial charge >= 0.3 is 0 Å². The van der Waals surface area contributed by atoms with Crippen LogP contribution in [-0.4, -0.2) is 42.0 Å². The lowest BCUT2D eigenvalue weighted by Crippen LogP contribution is -2.48. The smallest absolute Gasteiger partial charge is 0.242 e. The zero-order valence-electron chi connectivity index (χ0n) is 13.2. The van der Waals surface area contributed by atoms with E-state index >= 15 is 0 Å². The Hall–Kier alpha value is -1.88. The highest BCUT2D eigenvalue weighted by molar-refractivity contribution is 5.86. The number of carbonyl (C=O) groups is 2. The Morgan fingerprint density at radius 2 is 2.09 bits per heavy atom. The highest BCUT2D eigenvalue weighted by Crippen LogP contribution is 2.12. The minimum absolute atomic E-state index is 0.107. The zero-order valence-corrected chi connectivity index (χ0v) is 13.2. The third kappa shape index (κ3) is 4.56. The van der Waals surface area contributed by atoms with Crippen LogP contribution in [0.4, 0.5) is 0 Å². The van der Waals surface area contributed by atoms with Gasteiger partial charge in [-0.15, -0.1) is 0 Å². The number of ether oxygens (including phenoxy) is 1. The largest absolute Gasteiger partial charge is 0.376 e. The van der Waals surface area contributed by atoms with E-state index in [-0.39, 0.29) is 17.9 Å². The first-order valence-corrected chi connectivity index (χ1v) is 7.78. The number of nitrogens with zero attached hydrogens (tertiary/aromatic N) is 1. The molecule has 2 atom stereocenters. The summed E-state index contributed by atoms with van der Waals surface area (Å²) >= 11 is 0. The van der Waals surface area contributed by atoms with Crippen LogP contribution in [0.1, 0.15) is 32.3 Å². The molecule has 1 N–H and O–H groups in total. The van der Waals surface area contributed by atoms with Gasteiger partial charge in [0.25, 0.3) is 0 Å². The molecule has 0 saturated carbocycles.